The molecule has 0 aromatic heterocycles. The van der Waals surface area contributed by atoms with Gasteiger partial charge >= 0.3 is 0 Å². The second-order valence-corrected chi connectivity index (χ2v) is 7.69. The second-order valence-electron chi connectivity index (χ2n) is 7.69. The van der Waals surface area contributed by atoms with Gasteiger partial charge in [-0.05, 0) is 53.9 Å². The van der Waals surface area contributed by atoms with E-state index in [0.717, 1.165) is 22.6 Å². The first-order valence-corrected chi connectivity index (χ1v) is 10.6. The number of aryl methyl sites for hydroxylation is 1. The molecule has 0 heterocycles. The van der Waals surface area contributed by atoms with Crippen molar-refractivity contribution in [1.29, 1.82) is 0 Å². The highest BCUT2D eigenvalue weighted by molar-refractivity contribution is 5.93. The number of carbonyl (C=O) groups is 2. The van der Waals surface area contributed by atoms with Crippen molar-refractivity contribution in [3.8, 4) is 5.75 Å². The number of ether oxygens (including phenoxy) is 1. The Morgan fingerprint density at radius 3 is 2.12 bits per heavy atom. The number of rotatable bonds is 10. The van der Waals surface area contributed by atoms with Crippen molar-refractivity contribution in [2.45, 2.75) is 19.4 Å². The van der Waals surface area contributed by atoms with Crippen LogP contribution in [0.15, 0.2) is 78.9 Å². The predicted octanol–water partition coefficient (Wildman–Crippen LogP) is 4.34. The van der Waals surface area contributed by atoms with Crippen LogP contribution in [-0.4, -0.2) is 37.4 Å². The molecule has 0 fully saturated rings. The summed E-state index contributed by atoms with van der Waals surface area (Å²) in [6.07, 6.45) is 1.18. The first kappa shape index (κ1) is 22.9. The minimum Gasteiger partial charge on any atom is -0.489 e. The average molecular weight is 432 g/mol. The SMILES string of the molecule is CN(C)C(=O)CCc1ccc(NCC(=O)Nc2ccc(OCc3ccccc3)cc2)cc1. The van der Waals surface area contributed by atoms with Gasteiger partial charge in [-0.15, -0.1) is 0 Å². The molecule has 6 nitrogen and oxygen atoms in total. The first-order chi connectivity index (χ1) is 15.5. The number of nitrogens with zero attached hydrogens (tertiary/aromatic N) is 1. The van der Waals surface area contributed by atoms with Gasteiger partial charge in [-0.1, -0.05) is 42.5 Å². The number of benzene rings is 3. The van der Waals surface area contributed by atoms with Crippen LogP contribution in [0.5, 0.6) is 5.75 Å². The summed E-state index contributed by atoms with van der Waals surface area (Å²) in [6, 6.07) is 25.1. The van der Waals surface area contributed by atoms with E-state index < -0.39 is 0 Å². The second kappa shape index (κ2) is 11.6. The molecule has 0 saturated carbocycles. The predicted molar refractivity (Wildman–Crippen MR) is 128 cm³/mol. The first-order valence-electron chi connectivity index (χ1n) is 10.6. The number of anilines is 2. The lowest BCUT2D eigenvalue weighted by Gasteiger charge is -2.11. The van der Waals surface area contributed by atoms with Crippen molar-refractivity contribution in [1.82, 2.24) is 4.90 Å². The maximum Gasteiger partial charge on any atom is 0.243 e. The van der Waals surface area contributed by atoms with Crippen molar-refractivity contribution < 1.29 is 14.3 Å². The van der Waals surface area contributed by atoms with Crippen LogP contribution in [0.3, 0.4) is 0 Å². The van der Waals surface area contributed by atoms with Crippen LogP contribution in [0.4, 0.5) is 11.4 Å². The number of hydrogen-bond donors (Lipinski definition) is 2. The summed E-state index contributed by atoms with van der Waals surface area (Å²) in [5.41, 5.74) is 3.76. The topological polar surface area (TPSA) is 70.7 Å². The van der Waals surface area contributed by atoms with Crippen molar-refractivity contribution in [3.63, 3.8) is 0 Å². The Hall–Kier alpha value is -3.80. The highest BCUT2D eigenvalue weighted by Crippen LogP contribution is 2.17. The number of hydrogen-bond acceptors (Lipinski definition) is 4. The zero-order chi connectivity index (χ0) is 22.8. The van der Waals surface area contributed by atoms with Crippen LogP contribution in [0, 0.1) is 0 Å². The lowest BCUT2D eigenvalue weighted by molar-refractivity contribution is -0.128. The van der Waals surface area contributed by atoms with Crippen LogP contribution in [0.1, 0.15) is 17.5 Å². The summed E-state index contributed by atoms with van der Waals surface area (Å²) in [4.78, 5) is 25.5. The Bertz CT molecular complexity index is 1000. The van der Waals surface area contributed by atoms with E-state index in [9.17, 15) is 9.59 Å². The van der Waals surface area contributed by atoms with Crippen LogP contribution >= 0.6 is 0 Å². The van der Waals surface area contributed by atoms with E-state index in [1.807, 2.05) is 78.9 Å². The average Bonchev–Trinajstić information content (AvgIpc) is 2.82. The van der Waals surface area contributed by atoms with E-state index in [4.69, 9.17) is 4.74 Å². The van der Waals surface area contributed by atoms with Crippen molar-refractivity contribution in [3.05, 3.63) is 90.0 Å². The maximum absolute atomic E-state index is 12.2. The molecule has 0 spiro atoms. The third-order valence-corrected chi connectivity index (χ3v) is 4.92. The molecule has 166 valence electrons. The van der Waals surface area contributed by atoms with Crippen molar-refractivity contribution in [2.24, 2.45) is 0 Å². The maximum atomic E-state index is 12.2. The Morgan fingerprint density at radius 1 is 0.812 bits per heavy atom. The highest BCUT2D eigenvalue weighted by Gasteiger charge is 2.06. The normalized spacial score (nSPS) is 10.3. The highest BCUT2D eigenvalue weighted by atomic mass is 16.5. The van der Waals surface area contributed by atoms with Gasteiger partial charge in [0.2, 0.25) is 11.8 Å². The molecule has 6 heteroatoms. The molecule has 0 unspecified atom stereocenters. The summed E-state index contributed by atoms with van der Waals surface area (Å²) >= 11 is 0. The van der Waals surface area contributed by atoms with E-state index in [-0.39, 0.29) is 18.4 Å². The molecule has 0 atom stereocenters. The minimum atomic E-state index is -0.136. The molecule has 0 radical (unpaired) electrons. The quantitative estimate of drug-likeness (QED) is 0.501. The zero-order valence-electron chi connectivity index (χ0n) is 18.5. The lowest BCUT2D eigenvalue weighted by atomic mass is 10.1. The summed E-state index contributed by atoms with van der Waals surface area (Å²) in [7, 11) is 3.52. The Morgan fingerprint density at radius 2 is 1.47 bits per heavy atom. The van der Waals surface area contributed by atoms with Gasteiger partial charge in [0, 0.05) is 31.9 Å². The third kappa shape index (κ3) is 7.47. The summed E-state index contributed by atoms with van der Waals surface area (Å²) in [5.74, 6) is 0.723. The molecule has 3 rings (SSSR count). The molecule has 0 aliphatic heterocycles. The van der Waals surface area contributed by atoms with Gasteiger partial charge in [-0.25, -0.2) is 0 Å². The number of nitrogens with one attached hydrogen (secondary N) is 2. The summed E-state index contributed by atoms with van der Waals surface area (Å²) in [6.45, 7) is 0.659. The van der Waals surface area contributed by atoms with E-state index in [1.165, 1.54) is 0 Å². The lowest BCUT2D eigenvalue weighted by Crippen LogP contribution is -2.22. The van der Waals surface area contributed by atoms with E-state index >= 15 is 0 Å². The molecule has 3 aromatic carbocycles. The van der Waals surface area contributed by atoms with E-state index in [2.05, 4.69) is 10.6 Å². The molecule has 2 N–H and O–H groups in total. The fraction of sp³-hybridized carbons (Fsp3) is 0.231. The minimum absolute atomic E-state index is 0.111. The van der Waals surface area contributed by atoms with Gasteiger partial charge in [0.1, 0.15) is 12.4 Å². The Labute approximate surface area is 189 Å². The van der Waals surface area contributed by atoms with E-state index in [0.29, 0.717) is 25.1 Å². The van der Waals surface area contributed by atoms with Crippen LogP contribution < -0.4 is 15.4 Å². The molecular weight excluding hydrogens is 402 g/mol. The Balaban J connectivity index is 1.40. The number of amides is 2. The molecule has 3 aromatic rings. The number of carbonyl (C=O) groups excluding carboxylic acids is 2. The largest absolute Gasteiger partial charge is 0.489 e. The summed E-state index contributed by atoms with van der Waals surface area (Å²) < 4.78 is 5.76. The van der Waals surface area contributed by atoms with Crippen LogP contribution in [0.2, 0.25) is 0 Å². The Kier molecular flexibility index (Phi) is 8.26. The molecule has 0 aliphatic carbocycles. The molecule has 0 bridgehead atoms. The molecule has 0 saturated heterocycles. The zero-order valence-corrected chi connectivity index (χ0v) is 18.5. The van der Waals surface area contributed by atoms with Crippen molar-refractivity contribution >= 4 is 23.2 Å². The fourth-order valence-corrected chi connectivity index (χ4v) is 3.03. The van der Waals surface area contributed by atoms with Gasteiger partial charge in [0.25, 0.3) is 0 Å². The monoisotopic (exact) mass is 431 g/mol. The van der Waals surface area contributed by atoms with Crippen LogP contribution in [-0.2, 0) is 22.6 Å². The standard InChI is InChI=1S/C26H29N3O3/c1-29(2)26(31)17-10-20-8-11-22(12-9-20)27-18-25(30)28-23-13-15-24(16-14-23)32-19-21-6-4-3-5-7-21/h3-9,11-16,27H,10,17-19H2,1-2H3,(H,28,30). The smallest absolute Gasteiger partial charge is 0.243 e. The van der Waals surface area contributed by atoms with E-state index in [1.54, 1.807) is 19.0 Å². The van der Waals surface area contributed by atoms with Gasteiger partial charge < -0.3 is 20.3 Å². The molecule has 2 amide bonds. The molecule has 32 heavy (non-hydrogen) atoms. The molecular formula is C26H29N3O3. The summed E-state index contributed by atoms with van der Waals surface area (Å²) in [5, 5.41) is 5.98. The van der Waals surface area contributed by atoms with Crippen LogP contribution in [0.25, 0.3) is 0 Å². The van der Waals surface area contributed by atoms with Gasteiger partial charge in [-0.3, -0.25) is 9.59 Å². The van der Waals surface area contributed by atoms with Crippen molar-refractivity contribution in [2.75, 3.05) is 31.3 Å². The molecule has 0 aliphatic rings. The van der Waals surface area contributed by atoms with Gasteiger partial charge in [-0.2, -0.15) is 0 Å². The third-order valence-electron chi connectivity index (χ3n) is 4.92. The fourth-order valence-electron chi connectivity index (χ4n) is 3.03. The van der Waals surface area contributed by atoms with Gasteiger partial charge in [0.05, 0.1) is 6.54 Å². The van der Waals surface area contributed by atoms with Gasteiger partial charge in [0.15, 0.2) is 0 Å².